The van der Waals surface area contributed by atoms with Crippen molar-refractivity contribution >= 4 is 17.3 Å². The van der Waals surface area contributed by atoms with Crippen LogP contribution in [0.1, 0.15) is 36.7 Å². The molecule has 1 fully saturated rings. The number of carbonyl (C=O) groups is 1. The maximum absolute atomic E-state index is 13.8. The third kappa shape index (κ3) is 4.68. The number of piperidine rings is 1. The second kappa shape index (κ2) is 8.86. The third-order valence-electron chi connectivity index (χ3n) is 4.65. The number of nitrogens with one attached hydrogen (secondary N) is 1. The Balaban J connectivity index is 1.63. The molecule has 0 spiro atoms. The Morgan fingerprint density at radius 1 is 1.32 bits per heavy atom. The summed E-state index contributed by atoms with van der Waals surface area (Å²) < 4.78 is 32.5. The van der Waals surface area contributed by atoms with Crippen molar-refractivity contribution in [1.29, 1.82) is 0 Å². The maximum Gasteiger partial charge on any atom is 0.269 e. The number of anilines is 2. The monoisotopic (exact) mass is 390 g/mol. The first kappa shape index (κ1) is 19.9. The highest BCUT2D eigenvalue weighted by Crippen LogP contribution is 2.28. The highest BCUT2D eigenvalue weighted by Gasteiger charge is 2.24. The predicted molar refractivity (Wildman–Crippen MR) is 103 cm³/mol. The average Bonchev–Trinajstić information content (AvgIpc) is 2.69. The average molecular weight is 390 g/mol. The molecule has 3 rings (SSSR count). The number of nitrogens with two attached hydrogens (primary N) is 1. The van der Waals surface area contributed by atoms with Crippen LogP contribution in [-0.4, -0.2) is 36.6 Å². The fourth-order valence-corrected chi connectivity index (χ4v) is 3.15. The summed E-state index contributed by atoms with van der Waals surface area (Å²) in [6, 6.07) is 4.99. The summed E-state index contributed by atoms with van der Waals surface area (Å²) in [6.07, 6.45) is 3.46. The molecule has 3 N–H and O–H groups in total. The van der Waals surface area contributed by atoms with Gasteiger partial charge in [-0.1, -0.05) is 6.92 Å². The Kier molecular flexibility index (Phi) is 6.28. The zero-order chi connectivity index (χ0) is 20.1. The highest BCUT2D eigenvalue weighted by atomic mass is 19.1. The predicted octanol–water partition coefficient (Wildman–Crippen LogP) is 3.13. The van der Waals surface area contributed by atoms with Crippen LogP contribution >= 0.6 is 0 Å². The second-order valence-corrected chi connectivity index (χ2v) is 6.76. The van der Waals surface area contributed by atoms with Crippen molar-refractivity contribution in [3.8, 4) is 5.75 Å². The number of nitrogen functional groups attached to an aromatic ring is 1. The zero-order valence-corrected chi connectivity index (χ0v) is 15.8. The van der Waals surface area contributed by atoms with Gasteiger partial charge >= 0.3 is 0 Å². The molecule has 1 aliphatic heterocycles. The number of amides is 1. The number of nitrogens with zero attached hydrogens (tertiary/aromatic N) is 2. The fourth-order valence-electron chi connectivity index (χ4n) is 3.15. The fraction of sp³-hybridized carbons (Fsp3) is 0.400. The van der Waals surface area contributed by atoms with E-state index in [2.05, 4.69) is 15.2 Å². The molecule has 150 valence electrons. The Labute approximate surface area is 162 Å². The van der Waals surface area contributed by atoms with Crippen molar-refractivity contribution in [2.75, 3.05) is 30.3 Å². The molecule has 28 heavy (non-hydrogen) atoms. The first-order valence-electron chi connectivity index (χ1n) is 9.38. The van der Waals surface area contributed by atoms with E-state index in [1.165, 1.54) is 18.3 Å². The molecule has 0 unspecified atom stereocenters. The summed E-state index contributed by atoms with van der Waals surface area (Å²) in [6.45, 7) is 3.84. The van der Waals surface area contributed by atoms with Gasteiger partial charge in [0.2, 0.25) is 0 Å². The SMILES string of the molecule is CCCNC(=O)c1cc(N2CCC(Oc3ccc(F)cc3F)CC2)c(N)cn1. The molecule has 8 heteroatoms. The lowest BCUT2D eigenvalue weighted by atomic mass is 10.1. The number of carbonyl (C=O) groups excluding carboxylic acids is 1. The summed E-state index contributed by atoms with van der Waals surface area (Å²) in [7, 11) is 0. The molecule has 2 heterocycles. The normalized spacial score (nSPS) is 14.8. The molecule has 0 radical (unpaired) electrons. The van der Waals surface area contributed by atoms with Crippen LogP contribution in [0.25, 0.3) is 0 Å². The Bertz CT molecular complexity index is 839. The summed E-state index contributed by atoms with van der Waals surface area (Å²) in [5, 5.41) is 2.80. The quantitative estimate of drug-likeness (QED) is 0.792. The van der Waals surface area contributed by atoms with Gasteiger partial charge in [-0.3, -0.25) is 4.79 Å². The number of hydrogen-bond donors (Lipinski definition) is 2. The van der Waals surface area contributed by atoms with E-state index in [-0.39, 0.29) is 17.8 Å². The van der Waals surface area contributed by atoms with E-state index >= 15 is 0 Å². The number of aromatic nitrogens is 1. The van der Waals surface area contributed by atoms with Crippen LogP contribution in [0.5, 0.6) is 5.75 Å². The van der Waals surface area contributed by atoms with Gasteiger partial charge in [0.15, 0.2) is 11.6 Å². The summed E-state index contributed by atoms with van der Waals surface area (Å²) in [5.74, 6) is -1.51. The Morgan fingerprint density at radius 3 is 2.75 bits per heavy atom. The van der Waals surface area contributed by atoms with Crippen LogP contribution in [0.2, 0.25) is 0 Å². The van der Waals surface area contributed by atoms with Crippen molar-refractivity contribution in [2.24, 2.45) is 0 Å². The number of rotatable bonds is 6. The van der Waals surface area contributed by atoms with Crippen molar-refractivity contribution in [3.63, 3.8) is 0 Å². The molecule has 1 aromatic carbocycles. The van der Waals surface area contributed by atoms with E-state index in [9.17, 15) is 13.6 Å². The second-order valence-electron chi connectivity index (χ2n) is 6.76. The van der Waals surface area contributed by atoms with Crippen LogP contribution in [0, 0.1) is 11.6 Å². The van der Waals surface area contributed by atoms with Gasteiger partial charge in [-0.15, -0.1) is 0 Å². The minimum absolute atomic E-state index is 0.0538. The minimum Gasteiger partial charge on any atom is -0.487 e. The maximum atomic E-state index is 13.8. The molecule has 0 bridgehead atoms. The summed E-state index contributed by atoms with van der Waals surface area (Å²) >= 11 is 0. The smallest absolute Gasteiger partial charge is 0.269 e. The lowest BCUT2D eigenvalue weighted by molar-refractivity contribution is 0.0948. The number of ether oxygens (including phenoxy) is 1. The van der Waals surface area contributed by atoms with Gasteiger partial charge in [0.05, 0.1) is 17.6 Å². The molecule has 1 aromatic heterocycles. The molecule has 6 nitrogen and oxygen atoms in total. The Morgan fingerprint density at radius 2 is 2.07 bits per heavy atom. The van der Waals surface area contributed by atoms with Crippen LogP contribution in [0.4, 0.5) is 20.2 Å². The van der Waals surface area contributed by atoms with Crippen LogP contribution in [0.15, 0.2) is 30.5 Å². The van der Waals surface area contributed by atoms with E-state index in [1.807, 2.05) is 6.92 Å². The lowest BCUT2D eigenvalue weighted by Gasteiger charge is -2.34. The van der Waals surface area contributed by atoms with Crippen molar-refractivity contribution in [2.45, 2.75) is 32.3 Å². The first-order chi connectivity index (χ1) is 13.5. The van der Waals surface area contributed by atoms with E-state index in [4.69, 9.17) is 10.5 Å². The molecule has 0 aliphatic carbocycles. The van der Waals surface area contributed by atoms with Gasteiger partial charge in [-0.25, -0.2) is 13.8 Å². The van der Waals surface area contributed by atoms with E-state index in [0.717, 1.165) is 18.2 Å². The summed E-state index contributed by atoms with van der Waals surface area (Å²) in [5.41, 5.74) is 7.63. The van der Waals surface area contributed by atoms with Gasteiger partial charge in [0.25, 0.3) is 5.91 Å². The molecular formula is C20H24F2N4O2. The van der Waals surface area contributed by atoms with Crippen molar-refractivity contribution in [1.82, 2.24) is 10.3 Å². The van der Waals surface area contributed by atoms with Crippen LogP contribution in [-0.2, 0) is 0 Å². The molecule has 2 aromatic rings. The number of pyridine rings is 1. The first-order valence-corrected chi connectivity index (χ1v) is 9.38. The van der Waals surface area contributed by atoms with Crippen LogP contribution in [0.3, 0.4) is 0 Å². The highest BCUT2D eigenvalue weighted by molar-refractivity contribution is 5.94. The third-order valence-corrected chi connectivity index (χ3v) is 4.65. The standard InChI is InChI=1S/C20H24F2N4O2/c1-2-7-24-20(27)17-11-18(16(23)12-25-17)26-8-5-14(6-9-26)28-19-4-3-13(21)10-15(19)22/h3-4,10-12,14H,2,5-9,23H2,1H3,(H,24,27). The largest absolute Gasteiger partial charge is 0.487 e. The van der Waals surface area contributed by atoms with E-state index in [0.29, 0.717) is 43.9 Å². The zero-order valence-electron chi connectivity index (χ0n) is 15.8. The van der Waals surface area contributed by atoms with Crippen LogP contribution < -0.4 is 20.7 Å². The van der Waals surface area contributed by atoms with Gasteiger partial charge < -0.3 is 20.7 Å². The molecule has 0 atom stereocenters. The molecule has 1 aliphatic rings. The van der Waals surface area contributed by atoms with Crippen molar-refractivity contribution < 1.29 is 18.3 Å². The number of benzene rings is 1. The molecule has 1 saturated heterocycles. The van der Waals surface area contributed by atoms with E-state index in [1.54, 1.807) is 6.07 Å². The lowest BCUT2D eigenvalue weighted by Crippen LogP contribution is -2.39. The van der Waals surface area contributed by atoms with Crippen molar-refractivity contribution in [3.05, 3.63) is 47.8 Å². The van der Waals surface area contributed by atoms with Gasteiger partial charge in [-0.2, -0.15) is 0 Å². The van der Waals surface area contributed by atoms with Gasteiger partial charge in [-0.05, 0) is 24.6 Å². The summed E-state index contributed by atoms with van der Waals surface area (Å²) in [4.78, 5) is 18.3. The number of hydrogen-bond acceptors (Lipinski definition) is 5. The number of halogens is 2. The van der Waals surface area contributed by atoms with Gasteiger partial charge in [0.1, 0.15) is 17.6 Å². The topological polar surface area (TPSA) is 80.5 Å². The molecule has 1 amide bonds. The van der Waals surface area contributed by atoms with Gasteiger partial charge in [0, 0.05) is 38.5 Å². The molecular weight excluding hydrogens is 366 g/mol. The Hall–Kier alpha value is -2.90. The minimum atomic E-state index is -0.705. The molecule has 0 saturated carbocycles. The van der Waals surface area contributed by atoms with E-state index < -0.39 is 11.6 Å².